The lowest BCUT2D eigenvalue weighted by atomic mass is 9.81. The van der Waals surface area contributed by atoms with Crippen molar-refractivity contribution in [2.24, 2.45) is 0 Å². The quantitative estimate of drug-likeness (QED) is 0.283. The lowest BCUT2D eigenvalue weighted by Crippen LogP contribution is -2.17. The van der Waals surface area contributed by atoms with E-state index >= 15 is 0 Å². The SMILES string of the molecule is COC(=O)c1cc(C(C)C)c(Cc2ccc(C(F)(F)F)cc2)c(-c2ccc(F)cc2)c1C(=O)OC. The standard InChI is InChI=1S/C27H24F4O4/c1-15(2)20-14-22(25(32)34-3)24(26(33)35-4)23(17-7-11-19(28)12-8-17)21(20)13-16-5-9-18(10-6-16)27(29,30)31/h5-12,14-15H,13H2,1-4H3. The van der Waals surface area contributed by atoms with Gasteiger partial charge in [0.05, 0.1) is 30.9 Å². The van der Waals surface area contributed by atoms with Crippen molar-refractivity contribution in [1.82, 2.24) is 0 Å². The highest BCUT2D eigenvalue weighted by Gasteiger charge is 2.31. The van der Waals surface area contributed by atoms with E-state index in [9.17, 15) is 27.2 Å². The molecule has 3 aromatic carbocycles. The van der Waals surface area contributed by atoms with Gasteiger partial charge in [-0.2, -0.15) is 13.2 Å². The van der Waals surface area contributed by atoms with Crippen LogP contribution >= 0.6 is 0 Å². The van der Waals surface area contributed by atoms with Crippen LogP contribution in [-0.4, -0.2) is 26.2 Å². The van der Waals surface area contributed by atoms with Crippen molar-refractivity contribution in [1.29, 1.82) is 0 Å². The van der Waals surface area contributed by atoms with E-state index in [1.165, 1.54) is 50.6 Å². The first-order valence-corrected chi connectivity index (χ1v) is 10.8. The average molecular weight is 488 g/mol. The van der Waals surface area contributed by atoms with Gasteiger partial charge in [0.15, 0.2) is 0 Å². The molecule has 0 aromatic heterocycles. The van der Waals surface area contributed by atoms with Gasteiger partial charge >= 0.3 is 18.1 Å². The Kier molecular flexibility index (Phi) is 7.63. The van der Waals surface area contributed by atoms with Crippen LogP contribution in [0.4, 0.5) is 17.6 Å². The third kappa shape index (κ3) is 5.53. The monoisotopic (exact) mass is 488 g/mol. The number of hydrogen-bond acceptors (Lipinski definition) is 4. The molecule has 0 atom stereocenters. The van der Waals surface area contributed by atoms with E-state index in [1.807, 2.05) is 13.8 Å². The molecule has 0 saturated heterocycles. The first-order chi connectivity index (χ1) is 16.5. The zero-order valence-corrected chi connectivity index (χ0v) is 19.6. The number of rotatable bonds is 6. The van der Waals surface area contributed by atoms with Crippen molar-refractivity contribution in [2.45, 2.75) is 32.4 Å². The van der Waals surface area contributed by atoms with Gasteiger partial charge in [-0.05, 0) is 64.9 Å². The molecule has 4 nitrogen and oxygen atoms in total. The Hall–Kier alpha value is -3.68. The topological polar surface area (TPSA) is 52.6 Å². The molecule has 0 heterocycles. The van der Waals surface area contributed by atoms with Gasteiger partial charge in [-0.1, -0.05) is 38.1 Å². The van der Waals surface area contributed by atoms with E-state index < -0.39 is 29.5 Å². The van der Waals surface area contributed by atoms with Gasteiger partial charge in [0.1, 0.15) is 5.82 Å². The summed E-state index contributed by atoms with van der Waals surface area (Å²) in [6, 6.07) is 11.7. The first kappa shape index (κ1) is 25.9. The molecule has 184 valence electrons. The third-order valence-corrected chi connectivity index (χ3v) is 5.68. The van der Waals surface area contributed by atoms with Crippen LogP contribution < -0.4 is 0 Å². The second-order valence-electron chi connectivity index (χ2n) is 8.26. The number of carbonyl (C=O) groups is 2. The van der Waals surface area contributed by atoms with Crippen LogP contribution in [0.25, 0.3) is 11.1 Å². The summed E-state index contributed by atoms with van der Waals surface area (Å²) in [4.78, 5) is 25.6. The van der Waals surface area contributed by atoms with Crippen LogP contribution in [0.2, 0.25) is 0 Å². The molecule has 3 rings (SSSR count). The molecule has 0 unspecified atom stereocenters. The Morgan fingerprint density at radius 1 is 0.886 bits per heavy atom. The molecule has 0 saturated carbocycles. The predicted molar refractivity (Wildman–Crippen MR) is 123 cm³/mol. The number of alkyl halides is 3. The van der Waals surface area contributed by atoms with Gasteiger partial charge in [0, 0.05) is 5.56 Å². The summed E-state index contributed by atoms with van der Waals surface area (Å²) >= 11 is 0. The summed E-state index contributed by atoms with van der Waals surface area (Å²) in [7, 11) is 2.36. The van der Waals surface area contributed by atoms with Crippen molar-refractivity contribution < 1.29 is 36.6 Å². The zero-order valence-electron chi connectivity index (χ0n) is 19.6. The first-order valence-electron chi connectivity index (χ1n) is 10.8. The van der Waals surface area contributed by atoms with E-state index in [0.717, 1.165) is 12.1 Å². The minimum Gasteiger partial charge on any atom is -0.465 e. The van der Waals surface area contributed by atoms with Gasteiger partial charge in [0.2, 0.25) is 0 Å². The molecule has 8 heteroatoms. The molecule has 0 aliphatic rings. The lowest BCUT2D eigenvalue weighted by molar-refractivity contribution is -0.137. The summed E-state index contributed by atoms with van der Waals surface area (Å²) in [6.07, 6.45) is -4.31. The Morgan fingerprint density at radius 2 is 1.46 bits per heavy atom. The lowest BCUT2D eigenvalue weighted by Gasteiger charge is -2.23. The highest BCUT2D eigenvalue weighted by Crippen LogP contribution is 2.38. The van der Waals surface area contributed by atoms with Crippen molar-refractivity contribution in [3.63, 3.8) is 0 Å². The zero-order chi connectivity index (χ0) is 25.9. The summed E-state index contributed by atoms with van der Waals surface area (Å²) in [6.45, 7) is 3.78. The van der Waals surface area contributed by atoms with Crippen LogP contribution in [-0.2, 0) is 22.1 Å². The van der Waals surface area contributed by atoms with Crippen LogP contribution in [0.3, 0.4) is 0 Å². The Bertz CT molecular complexity index is 1230. The molecule has 0 amide bonds. The Morgan fingerprint density at radius 3 is 1.94 bits per heavy atom. The number of hydrogen-bond donors (Lipinski definition) is 0. The fourth-order valence-corrected chi connectivity index (χ4v) is 3.99. The minimum atomic E-state index is -4.47. The number of ether oxygens (including phenoxy) is 2. The summed E-state index contributed by atoms with van der Waals surface area (Å²) in [5, 5.41) is 0. The van der Waals surface area contributed by atoms with Gasteiger partial charge in [0.25, 0.3) is 0 Å². The van der Waals surface area contributed by atoms with Crippen molar-refractivity contribution >= 4 is 11.9 Å². The maximum Gasteiger partial charge on any atom is 0.416 e. The van der Waals surface area contributed by atoms with Crippen molar-refractivity contribution in [2.75, 3.05) is 14.2 Å². The molecule has 0 bridgehead atoms. The van der Waals surface area contributed by atoms with E-state index in [0.29, 0.717) is 27.8 Å². The number of halogens is 4. The number of esters is 2. The van der Waals surface area contributed by atoms with Gasteiger partial charge in [-0.15, -0.1) is 0 Å². The fourth-order valence-electron chi connectivity index (χ4n) is 3.99. The van der Waals surface area contributed by atoms with Crippen LogP contribution in [0.1, 0.15) is 62.7 Å². The van der Waals surface area contributed by atoms with E-state index in [4.69, 9.17) is 9.47 Å². The van der Waals surface area contributed by atoms with E-state index in [1.54, 1.807) is 6.07 Å². The molecular formula is C27H24F4O4. The van der Waals surface area contributed by atoms with Crippen LogP contribution in [0, 0.1) is 5.82 Å². The molecule has 35 heavy (non-hydrogen) atoms. The van der Waals surface area contributed by atoms with Gasteiger partial charge in [-0.3, -0.25) is 0 Å². The third-order valence-electron chi connectivity index (χ3n) is 5.68. The van der Waals surface area contributed by atoms with Crippen molar-refractivity contribution in [3.05, 3.63) is 93.8 Å². The molecular weight excluding hydrogens is 464 g/mol. The molecule has 0 aliphatic carbocycles. The van der Waals surface area contributed by atoms with E-state index in [-0.39, 0.29) is 23.5 Å². The van der Waals surface area contributed by atoms with Gasteiger partial charge < -0.3 is 9.47 Å². The molecule has 0 aliphatic heterocycles. The number of benzene rings is 3. The predicted octanol–water partition coefficient (Wildman–Crippen LogP) is 6.80. The van der Waals surface area contributed by atoms with Crippen LogP contribution in [0.5, 0.6) is 0 Å². The van der Waals surface area contributed by atoms with Gasteiger partial charge in [-0.25, -0.2) is 14.0 Å². The second-order valence-corrected chi connectivity index (χ2v) is 8.26. The number of carbonyl (C=O) groups excluding carboxylic acids is 2. The Labute approximate surface area is 200 Å². The smallest absolute Gasteiger partial charge is 0.416 e. The maximum atomic E-state index is 13.7. The normalized spacial score (nSPS) is 11.5. The molecule has 3 aromatic rings. The second kappa shape index (κ2) is 10.3. The average Bonchev–Trinajstić information content (AvgIpc) is 2.82. The highest BCUT2D eigenvalue weighted by molar-refractivity contribution is 6.09. The maximum absolute atomic E-state index is 13.7. The minimum absolute atomic E-state index is 0.0152. The fraction of sp³-hybridized carbons (Fsp3) is 0.259. The number of methoxy groups -OCH3 is 2. The largest absolute Gasteiger partial charge is 0.465 e. The molecule has 0 radical (unpaired) electrons. The molecule has 0 fully saturated rings. The summed E-state index contributed by atoms with van der Waals surface area (Å²) in [5.41, 5.74) is 1.79. The highest BCUT2D eigenvalue weighted by atomic mass is 19.4. The molecule has 0 N–H and O–H groups in total. The van der Waals surface area contributed by atoms with Crippen LogP contribution in [0.15, 0.2) is 54.6 Å². The van der Waals surface area contributed by atoms with Crippen molar-refractivity contribution in [3.8, 4) is 11.1 Å². The Balaban J connectivity index is 2.36. The summed E-state index contributed by atoms with van der Waals surface area (Å²) < 4.78 is 62.7. The molecule has 0 spiro atoms. The summed E-state index contributed by atoms with van der Waals surface area (Å²) in [5.74, 6) is -2.18. The van der Waals surface area contributed by atoms with E-state index in [2.05, 4.69) is 0 Å².